The fourth-order valence-electron chi connectivity index (χ4n) is 3.21. The molecule has 0 fully saturated rings. The Bertz CT molecular complexity index is 1280. The molecule has 3 aromatic heterocycles. The molecule has 0 spiro atoms. The van der Waals surface area contributed by atoms with E-state index in [-0.39, 0.29) is 11.7 Å². The number of benzene rings is 2. The average Bonchev–Trinajstić information content (AvgIpc) is 3.52. The molecule has 0 aliphatic rings. The molecule has 32 heavy (non-hydrogen) atoms. The second-order valence-electron chi connectivity index (χ2n) is 6.92. The predicted molar refractivity (Wildman–Crippen MR) is 123 cm³/mol. The number of carbonyl (C=O) groups is 1. The van der Waals surface area contributed by atoms with E-state index in [1.165, 1.54) is 11.3 Å². The minimum atomic E-state index is -0.350. The lowest BCUT2D eigenvalue weighted by Crippen LogP contribution is -2.24. The van der Waals surface area contributed by atoms with Gasteiger partial charge in [0, 0.05) is 28.9 Å². The van der Waals surface area contributed by atoms with Gasteiger partial charge < -0.3 is 5.32 Å². The Morgan fingerprint density at radius 2 is 1.59 bits per heavy atom. The molecule has 0 aliphatic carbocycles. The maximum atomic E-state index is 12.8. The second kappa shape index (κ2) is 8.91. The monoisotopic (exact) mass is 438 g/mol. The summed E-state index contributed by atoms with van der Waals surface area (Å²) < 4.78 is 1.69. The topological polar surface area (TPSA) is 85.6 Å². The van der Waals surface area contributed by atoms with Gasteiger partial charge in [0.25, 0.3) is 5.91 Å². The number of nitrogens with zero attached hydrogens (tertiary/aromatic N) is 5. The summed E-state index contributed by atoms with van der Waals surface area (Å²) >= 11 is 1.49. The van der Waals surface area contributed by atoms with E-state index in [1.807, 2.05) is 78.2 Å². The number of pyridine rings is 1. The van der Waals surface area contributed by atoms with E-state index >= 15 is 0 Å². The van der Waals surface area contributed by atoms with E-state index in [2.05, 4.69) is 25.4 Å². The fraction of sp³-hybridized carbons (Fsp3) is 0.0417. The fourth-order valence-corrected chi connectivity index (χ4v) is 3.96. The molecule has 7 nitrogen and oxygen atoms in total. The number of hydrogen-bond acceptors (Lipinski definition) is 6. The van der Waals surface area contributed by atoms with Gasteiger partial charge in [-0.1, -0.05) is 48.5 Å². The van der Waals surface area contributed by atoms with E-state index in [0.29, 0.717) is 12.4 Å². The number of thiazole rings is 1. The molecular weight excluding hydrogens is 420 g/mol. The molecule has 3 heterocycles. The smallest absolute Gasteiger partial charge is 0.291 e. The molecule has 1 amide bonds. The molecule has 0 saturated heterocycles. The number of hydrogen-bond donors (Lipinski definition) is 1. The Morgan fingerprint density at radius 1 is 0.875 bits per heavy atom. The SMILES string of the molecule is O=C(NCc1nc(-c2ccncc2)cs1)c1nc(-c2ccccc2)n(-c2ccccc2)n1. The molecule has 0 unspecified atom stereocenters. The number of nitrogens with one attached hydrogen (secondary N) is 1. The highest BCUT2D eigenvalue weighted by Crippen LogP contribution is 2.22. The van der Waals surface area contributed by atoms with Crippen LogP contribution in [-0.4, -0.2) is 30.6 Å². The number of amides is 1. The minimum absolute atomic E-state index is 0.110. The molecule has 0 saturated carbocycles. The summed E-state index contributed by atoms with van der Waals surface area (Å²) in [5.41, 5.74) is 3.56. The van der Waals surface area contributed by atoms with Crippen molar-refractivity contribution in [3.8, 4) is 28.3 Å². The normalized spacial score (nSPS) is 10.8. The standard InChI is InChI=1S/C24H18N6OS/c31-24(26-15-21-27-20(16-32-21)17-11-13-25-14-12-17)22-28-23(18-7-3-1-4-8-18)30(29-22)19-9-5-2-6-10-19/h1-14,16H,15H2,(H,26,31). The van der Waals surface area contributed by atoms with Gasteiger partial charge in [0.05, 0.1) is 17.9 Å². The molecule has 0 radical (unpaired) electrons. The van der Waals surface area contributed by atoms with Crippen molar-refractivity contribution in [2.24, 2.45) is 0 Å². The Morgan fingerprint density at radius 3 is 2.34 bits per heavy atom. The third-order valence-corrected chi connectivity index (χ3v) is 5.62. The Hall–Kier alpha value is -4.17. The molecule has 2 aromatic carbocycles. The van der Waals surface area contributed by atoms with Crippen molar-refractivity contribution in [2.75, 3.05) is 0 Å². The van der Waals surface area contributed by atoms with E-state index in [9.17, 15) is 4.79 Å². The summed E-state index contributed by atoms with van der Waals surface area (Å²) in [6, 6.07) is 23.2. The van der Waals surface area contributed by atoms with Gasteiger partial charge in [-0.15, -0.1) is 16.4 Å². The Balaban J connectivity index is 1.37. The summed E-state index contributed by atoms with van der Waals surface area (Å²) in [5.74, 6) is 0.368. The largest absolute Gasteiger partial charge is 0.343 e. The van der Waals surface area contributed by atoms with Crippen LogP contribution in [0.3, 0.4) is 0 Å². The molecule has 0 atom stereocenters. The second-order valence-corrected chi connectivity index (χ2v) is 7.86. The van der Waals surface area contributed by atoms with Crippen LogP contribution in [0.4, 0.5) is 0 Å². The van der Waals surface area contributed by atoms with Crippen molar-refractivity contribution < 1.29 is 4.79 Å². The summed E-state index contributed by atoms with van der Waals surface area (Å²) in [6.45, 7) is 0.301. The lowest BCUT2D eigenvalue weighted by molar-refractivity contribution is 0.0940. The summed E-state index contributed by atoms with van der Waals surface area (Å²) in [7, 11) is 0. The number of rotatable bonds is 6. The van der Waals surface area contributed by atoms with Crippen LogP contribution in [0.15, 0.2) is 90.6 Å². The molecule has 156 valence electrons. The maximum absolute atomic E-state index is 12.8. The number of para-hydroxylation sites is 1. The van der Waals surface area contributed by atoms with Gasteiger partial charge in [0.1, 0.15) is 5.01 Å². The molecule has 1 N–H and O–H groups in total. The average molecular weight is 439 g/mol. The first kappa shape index (κ1) is 19.8. The van der Waals surface area contributed by atoms with Crippen LogP contribution in [-0.2, 0) is 6.54 Å². The van der Waals surface area contributed by atoms with Crippen molar-refractivity contribution in [1.82, 2.24) is 30.0 Å². The van der Waals surface area contributed by atoms with E-state index in [1.54, 1.807) is 17.1 Å². The third-order valence-electron chi connectivity index (χ3n) is 4.77. The lowest BCUT2D eigenvalue weighted by atomic mass is 10.2. The minimum Gasteiger partial charge on any atom is -0.343 e. The van der Waals surface area contributed by atoms with Gasteiger partial charge >= 0.3 is 0 Å². The van der Waals surface area contributed by atoms with Crippen molar-refractivity contribution in [1.29, 1.82) is 0 Å². The van der Waals surface area contributed by atoms with Crippen LogP contribution in [0.1, 0.15) is 15.6 Å². The van der Waals surface area contributed by atoms with Gasteiger partial charge in [0.15, 0.2) is 5.82 Å². The predicted octanol–water partition coefficient (Wildman–Crippen LogP) is 4.38. The molecule has 8 heteroatoms. The Kier molecular flexibility index (Phi) is 5.50. The first-order valence-electron chi connectivity index (χ1n) is 9.99. The molecular formula is C24H18N6OS. The van der Waals surface area contributed by atoms with E-state index in [0.717, 1.165) is 27.5 Å². The van der Waals surface area contributed by atoms with Crippen molar-refractivity contribution in [3.05, 3.63) is 101 Å². The van der Waals surface area contributed by atoms with Crippen molar-refractivity contribution in [2.45, 2.75) is 6.54 Å². The maximum Gasteiger partial charge on any atom is 0.291 e. The lowest BCUT2D eigenvalue weighted by Gasteiger charge is -2.05. The zero-order valence-corrected chi connectivity index (χ0v) is 17.7. The third kappa shape index (κ3) is 4.17. The van der Waals surface area contributed by atoms with E-state index in [4.69, 9.17) is 0 Å². The zero-order valence-electron chi connectivity index (χ0n) is 16.9. The molecule has 0 bridgehead atoms. The summed E-state index contributed by atoms with van der Waals surface area (Å²) in [6.07, 6.45) is 3.46. The van der Waals surface area contributed by atoms with Crippen LogP contribution in [0.2, 0.25) is 0 Å². The van der Waals surface area contributed by atoms with Crippen LogP contribution in [0, 0.1) is 0 Å². The van der Waals surface area contributed by atoms with Crippen LogP contribution < -0.4 is 5.32 Å². The highest BCUT2D eigenvalue weighted by molar-refractivity contribution is 7.09. The number of aromatic nitrogens is 5. The van der Waals surface area contributed by atoms with Crippen molar-refractivity contribution in [3.63, 3.8) is 0 Å². The van der Waals surface area contributed by atoms with Gasteiger partial charge in [-0.05, 0) is 24.3 Å². The van der Waals surface area contributed by atoms with Crippen LogP contribution in [0.5, 0.6) is 0 Å². The van der Waals surface area contributed by atoms with Crippen molar-refractivity contribution >= 4 is 17.2 Å². The van der Waals surface area contributed by atoms with Gasteiger partial charge in [-0.3, -0.25) is 9.78 Å². The van der Waals surface area contributed by atoms with Gasteiger partial charge in [-0.25, -0.2) is 14.6 Å². The summed E-state index contributed by atoms with van der Waals surface area (Å²) in [4.78, 5) is 26.0. The first-order valence-corrected chi connectivity index (χ1v) is 10.9. The van der Waals surface area contributed by atoms with Gasteiger partial charge in [-0.2, -0.15) is 0 Å². The molecule has 5 aromatic rings. The molecule has 5 rings (SSSR count). The zero-order chi connectivity index (χ0) is 21.8. The highest BCUT2D eigenvalue weighted by atomic mass is 32.1. The summed E-state index contributed by atoms with van der Waals surface area (Å²) in [5, 5.41) is 10.1. The Labute approximate surface area is 188 Å². The molecule has 0 aliphatic heterocycles. The highest BCUT2D eigenvalue weighted by Gasteiger charge is 2.19. The number of carbonyl (C=O) groups excluding carboxylic acids is 1. The van der Waals surface area contributed by atoms with Crippen LogP contribution in [0.25, 0.3) is 28.3 Å². The van der Waals surface area contributed by atoms with Gasteiger partial charge in [0.2, 0.25) is 5.82 Å². The van der Waals surface area contributed by atoms with E-state index < -0.39 is 0 Å². The quantitative estimate of drug-likeness (QED) is 0.425. The first-order chi connectivity index (χ1) is 15.8. The van der Waals surface area contributed by atoms with Crippen LogP contribution >= 0.6 is 11.3 Å².